The molecule has 0 aromatic heterocycles. The van der Waals surface area contributed by atoms with E-state index in [2.05, 4.69) is 10.5 Å². The van der Waals surface area contributed by atoms with Crippen molar-refractivity contribution >= 4 is 17.7 Å². The molecule has 1 heterocycles. The van der Waals surface area contributed by atoms with Crippen molar-refractivity contribution in [1.29, 1.82) is 0 Å². The molecule has 6 nitrogen and oxygen atoms in total. The molecule has 0 radical (unpaired) electrons. The number of ether oxygens (including phenoxy) is 1. The Morgan fingerprint density at radius 1 is 1.40 bits per heavy atom. The van der Waals surface area contributed by atoms with Crippen LogP contribution in [0.1, 0.15) is 25.3 Å². The van der Waals surface area contributed by atoms with Gasteiger partial charge in [0.1, 0.15) is 5.54 Å². The maximum Gasteiger partial charge on any atom is 0.355 e. The highest BCUT2D eigenvalue weighted by Crippen LogP contribution is 2.34. The van der Waals surface area contributed by atoms with E-state index in [4.69, 9.17) is 4.74 Å². The van der Waals surface area contributed by atoms with Gasteiger partial charge in [-0.2, -0.15) is 5.10 Å². The Bertz CT molecular complexity index is 556. The fourth-order valence-corrected chi connectivity index (χ4v) is 2.25. The number of carboxylic acids is 1. The first kappa shape index (κ1) is 14.0. The number of hydrogen-bond acceptors (Lipinski definition) is 6. The topological polar surface area (TPSA) is 90.8 Å². The number of benzene rings is 1. The van der Waals surface area contributed by atoms with Crippen LogP contribution >= 0.6 is 0 Å². The minimum atomic E-state index is -1.48. The van der Waals surface area contributed by atoms with Gasteiger partial charge in [0, 0.05) is 0 Å². The molecule has 1 aromatic rings. The molecular formula is C14H15N2O4-. The van der Waals surface area contributed by atoms with Crippen molar-refractivity contribution < 1.29 is 19.4 Å². The van der Waals surface area contributed by atoms with Gasteiger partial charge < -0.3 is 14.6 Å². The quantitative estimate of drug-likeness (QED) is 0.768. The van der Waals surface area contributed by atoms with Gasteiger partial charge in [0.25, 0.3) is 0 Å². The van der Waals surface area contributed by atoms with Gasteiger partial charge in [-0.3, -0.25) is 5.43 Å². The molecule has 1 N–H and O–H groups in total. The van der Waals surface area contributed by atoms with E-state index in [1.165, 1.54) is 6.92 Å². The summed E-state index contributed by atoms with van der Waals surface area (Å²) in [6.45, 7) is 3.31. The second-order valence-electron chi connectivity index (χ2n) is 4.66. The Kier molecular flexibility index (Phi) is 3.74. The van der Waals surface area contributed by atoms with Crippen LogP contribution in [-0.4, -0.2) is 29.8 Å². The van der Waals surface area contributed by atoms with Gasteiger partial charge in [0.05, 0.1) is 18.5 Å². The predicted molar refractivity (Wildman–Crippen MR) is 69.8 cm³/mol. The maximum atomic E-state index is 11.9. The van der Waals surface area contributed by atoms with E-state index >= 15 is 0 Å². The Balaban J connectivity index is 2.44. The third-order valence-electron chi connectivity index (χ3n) is 3.30. The smallest absolute Gasteiger partial charge is 0.355 e. The van der Waals surface area contributed by atoms with Gasteiger partial charge in [-0.15, -0.1) is 0 Å². The monoisotopic (exact) mass is 275 g/mol. The fraction of sp³-hybridized carbons (Fsp3) is 0.357. The van der Waals surface area contributed by atoms with Crippen LogP contribution in [0.5, 0.6) is 0 Å². The van der Waals surface area contributed by atoms with Gasteiger partial charge >= 0.3 is 5.97 Å². The highest BCUT2D eigenvalue weighted by Gasteiger charge is 2.47. The normalized spacial score (nSPS) is 24.7. The molecule has 1 aromatic carbocycles. The van der Waals surface area contributed by atoms with Crippen molar-refractivity contribution in [3.63, 3.8) is 0 Å². The molecule has 2 atom stereocenters. The molecule has 2 rings (SSSR count). The van der Waals surface area contributed by atoms with Crippen LogP contribution in [0, 0.1) is 0 Å². The highest BCUT2D eigenvalue weighted by atomic mass is 16.5. The second kappa shape index (κ2) is 5.32. The number of hydrogen-bond donors (Lipinski definition) is 1. The molecule has 1 aliphatic heterocycles. The number of nitrogens with zero attached hydrogens (tertiary/aromatic N) is 1. The number of hydrazone groups is 1. The van der Waals surface area contributed by atoms with Crippen LogP contribution in [0.25, 0.3) is 0 Å². The van der Waals surface area contributed by atoms with Crippen LogP contribution in [0.15, 0.2) is 35.4 Å². The summed E-state index contributed by atoms with van der Waals surface area (Å²) < 4.78 is 4.93. The summed E-state index contributed by atoms with van der Waals surface area (Å²) in [5.41, 5.74) is 1.72. The molecule has 1 aliphatic rings. The van der Waals surface area contributed by atoms with Crippen LogP contribution in [0.2, 0.25) is 0 Å². The standard InChI is InChI=1S/C14H16N2O4/c1-3-20-12(17)11-10(9-7-5-4-6-8-9)14(2,13(18)19)16-15-11/h4-8,10,16H,3H2,1-2H3,(H,18,19)/p-1/t10-,14-/m0/s1. The number of nitrogens with one attached hydrogen (secondary N) is 1. The average Bonchev–Trinajstić information content (AvgIpc) is 2.79. The number of esters is 1. The second-order valence-corrected chi connectivity index (χ2v) is 4.66. The van der Waals surface area contributed by atoms with Crippen LogP contribution in [0.3, 0.4) is 0 Å². The number of aliphatic carboxylic acids is 1. The Labute approximate surface area is 116 Å². The summed E-state index contributed by atoms with van der Waals surface area (Å²) in [5.74, 6) is -2.71. The third kappa shape index (κ3) is 2.24. The lowest BCUT2D eigenvalue weighted by molar-refractivity contribution is -0.313. The predicted octanol–water partition coefficient (Wildman–Crippen LogP) is -0.199. The van der Waals surface area contributed by atoms with Crippen LogP contribution in [0.4, 0.5) is 0 Å². The van der Waals surface area contributed by atoms with Crippen molar-refractivity contribution in [2.45, 2.75) is 25.3 Å². The summed E-state index contributed by atoms with van der Waals surface area (Å²) >= 11 is 0. The molecule has 0 amide bonds. The molecule has 106 valence electrons. The average molecular weight is 275 g/mol. The van der Waals surface area contributed by atoms with Crippen molar-refractivity contribution in [1.82, 2.24) is 5.43 Å². The largest absolute Gasteiger partial charge is 0.547 e. The minimum Gasteiger partial charge on any atom is -0.547 e. The van der Waals surface area contributed by atoms with E-state index in [0.29, 0.717) is 5.56 Å². The molecule has 0 fully saturated rings. The molecule has 20 heavy (non-hydrogen) atoms. The van der Waals surface area contributed by atoms with Crippen molar-refractivity contribution in [3.8, 4) is 0 Å². The van der Waals surface area contributed by atoms with E-state index in [1.807, 2.05) is 6.07 Å². The number of carbonyl (C=O) groups is 2. The van der Waals surface area contributed by atoms with E-state index < -0.39 is 23.4 Å². The third-order valence-corrected chi connectivity index (χ3v) is 3.30. The van der Waals surface area contributed by atoms with E-state index in [1.54, 1.807) is 31.2 Å². The zero-order valence-corrected chi connectivity index (χ0v) is 11.3. The highest BCUT2D eigenvalue weighted by molar-refractivity contribution is 6.40. The van der Waals surface area contributed by atoms with E-state index in [0.717, 1.165) is 0 Å². The van der Waals surface area contributed by atoms with Crippen molar-refractivity contribution in [3.05, 3.63) is 35.9 Å². The summed E-state index contributed by atoms with van der Waals surface area (Å²) in [4.78, 5) is 23.4. The Morgan fingerprint density at radius 2 is 2.05 bits per heavy atom. The van der Waals surface area contributed by atoms with Crippen molar-refractivity contribution in [2.24, 2.45) is 5.10 Å². The maximum absolute atomic E-state index is 11.9. The lowest BCUT2D eigenvalue weighted by Gasteiger charge is -2.32. The van der Waals surface area contributed by atoms with Gasteiger partial charge in [0.2, 0.25) is 0 Å². The number of carbonyl (C=O) groups excluding carboxylic acids is 2. The van der Waals surface area contributed by atoms with Gasteiger partial charge in [-0.05, 0) is 19.4 Å². The lowest BCUT2D eigenvalue weighted by Crippen LogP contribution is -2.56. The number of carboxylic acid groups (broad SMARTS) is 1. The van der Waals surface area contributed by atoms with Gasteiger partial charge in [0.15, 0.2) is 5.71 Å². The van der Waals surface area contributed by atoms with Gasteiger partial charge in [-0.1, -0.05) is 30.3 Å². The molecule has 6 heteroatoms. The molecule has 0 spiro atoms. The Hall–Kier alpha value is -2.37. The summed E-state index contributed by atoms with van der Waals surface area (Å²) in [6, 6.07) is 8.84. The van der Waals surface area contributed by atoms with E-state index in [-0.39, 0.29) is 12.3 Å². The molecule has 0 bridgehead atoms. The summed E-state index contributed by atoms with van der Waals surface area (Å²) in [7, 11) is 0. The summed E-state index contributed by atoms with van der Waals surface area (Å²) in [6.07, 6.45) is 0. The lowest BCUT2D eigenvalue weighted by atomic mass is 9.79. The molecule has 0 saturated heterocycles. The molecule has 0 unspecified atom stereocenters. The number of rotatable bonds is 4. The van der Waals surface area contributed by atoms with Crippen LogP contribution in [-0.2, 0) is 14.3 Å². The minimum absolute atomic E-state index is 0.0461. The van der Waals surface area contributed by atoms with Gasteiger partial charge in [-0.25, -0.2) is 4.79 Å². The first-order valence-electron chi connectivity index (χ1n) is 6.29. The van der Waals surface area contributed by atoms with Crippen molar-refractivity contribution in [2.75, 3.05) is 6.61 Å². The molecule has 0 saturated carbocycles. The van der Waals surface area contributed by atoms with Crippen LogP contribution < -0.4 is 10.5 Å². The zero-order valence-electron chi connectivity index (χ0n) is 11.3. The van der Waals surface area contributed by atoms with E-state index in [9.17, 15) is 14.7 Å². The first-order chi connectivity index (χ1) is 9.50. The SMILES string of the molecule is CCOC(=O)C1=NN[C@](C)(C(=O)[O-])[C@H]1c1ccccc1. The Morgan fingerprint density at radius 3 is 2.60 bits per heavy atom. The zero-order chi connectivity index (χ0) is 14.8. The molecule has 0 aliphatic carbocycles. The first-order valence-corrected chi connectivity index (χ1v) is 6.29. The molecular weight excluding hydrogens is 260 g/mol. The summed E-state index contributed by atoms with van der Waals surface area (Å²) in [5, 5.41) is 15.3. The fourth-order valence-electron chi connectivity index (χ4n) is 2.25.